The van der Waals surface area contributed by atoms with Gasteiger partial charge in [0.2, 0.25) is 0 Å². The molecule has 0 spiro atoms. The second-order valence-electron chi connectivity index (χ2n) is 6.99. The van der Waals surface area contributed by atoms with E-state index in [1.54, 1.807) is 0 Å². The molecular weight excluding hydrogens is 383 g/mol. The molecule has 8 heteroatoms. The molecule has 0 saturated heterocycles. The van der Waals surface area contributed by atoms with Crippen molar-refractivity contribution >= 4 is 29.0 Å². The first-order valence-electron chi connectivity index (χ1n) is 7.89. The SMILES string of the molecule is CC(C)(C)c1ccc(CSc2nnc3c(Cl)cc(C(F)(F)F)cn23)cc1. The minimum absolute atomic E-state index is 0.0691. The predicted molar refractivity (Wildman–Crippen MR) is 97.7 cm³/mol. The van der Waals surface area contributed by atoms with Crippen LogP contribution < -0.4 is 0 Å². The van der Waals surface area contributed by atoms with Gasteiger partial charge in [-0.25, -0.2) is 0 Å². The van der Waals surface area contributed by atoms with E-state index in [1.807, 2.05) is 12.1 Å². The number of hydrogen-bond acceptors (Lipinski definition) is 3. The minimum Gasteiger partial charge on any atom is -0.276 e. The molecule has 2 aromatic heterocycles. The molecule has 0 amide bonds. The van der Waals surface area contributed by atoms with Crippen LogP contribution in [0.4, 0.5) is 13.2 Å². The smallest absolute Gasteiger partial charge is 0.276 e. The average Bonchev–Trinajstić information content (AvgIpc) is 2.95. The largest absolute Gasteiger partial charge is 0.417 e. The number of pyridine rings is 1. The number of fused-ring (bicyclic) bond motifs is 1. The van der Waals surface area contributed by atoms with Gasteiger partial charge in [-0.1, -0.05) is 68.4 Å². The summed E-state index contributed by atoms with van der Waals surface area (Å²) in [5.41, 5.74) is 1.73. The van der Waals surface area contributed by atoms with Crippen LogP contribution in [-0.4, -0.2) is 14.6 Å². The van der Waals surface area contributed by atoms with Gasteiger partial charge in [0.1, 0.15) is 0 Å². The van der Waals surface area contributed by atoms with Crippen LogP contribution in [-0.2, 0) is 17.3 Å². The van der Waals surface area contributed by atoms with E-state index in [-0.39, 0.29) is 16.1 Å². The van der Waals surface area contributed by atoms with E-state index < -0.39 is 11.7 Å². The molecule has 0 aliphatic rings. The van der Waals surface area contributed by atoms with Crippen molar-refractivity contribution in [2.75, 3.05) is 0 Å². The van der Waals surface area contributed by atoms with Gasteiger partial charge in [-0.05, 0) is 22.6 Å². The summed E-state index contributed by atoms with van der Waals surface area (Å²) in [6.07, 6.45) is -3.50. The lowest BCUT2D eigenvalue weighted by Crippen LogP contribution is -2.10. The van der Waals surface area contributed by atoms with Gasteiger partial charge in [0, 0.05) is 11.9 Å². The minimum atomic E-state index is -4.48. The predicted octanol–water partition coefficient (Wildman–Crippen LogP) is 5.99. The van der Waals surface area contributed by atoms with Crippen molar-refractivity contribution < 1.29 is 13.2 Å². The highest BCUT2D eigenvalue weighted by molar-refractivity contribution is 7.98. The lowest BCUT2D eigenvalue weighted by Gasteiger charge is -2.19. The third-order valence-corrected chi connectivity index (χ3v) is 5.24. The molecule has 3 aromatic rings. The Balaban J connectivity index is 1.84. The van der Waals surface area contributed by atoms with Gasteiger partial charge in [0.25, 0.3) is 0 Å². The van der Waals surface area contributed by atoms with Crippen LogP contribution in [0.5, 0.6) is 0 Å². The first kappa shape index (κ1) is 19.0. The molecule has 0 fully saturated rings. The standard InChI is InChI=1S/C18H17ClF3N3S/c1-17(2,3)12-6-4-11(5-7-12)10-26-16-24-23-15-14(19)8-13(9-25(15)16)18(20,21)22/h4-9H,10H2,1-3H3. The van der Waals surface area contributed by atoms with Crippen LogP contribution in [0.15, 0.2) is 41.7 Å². The topological polar surface area (TPSA) is 30.2 Å². The van der Waals surface area contributed by atoms with Crippen molar-refractivity contribution in [3.8, 4) is 0 Å². The summed E-state index contributed by atoms with van der Waals surface area (Å²) in [6.45, 7) is 6.42. The van der Waals surface area contributed by atoms with Gasteiger partial charge in [0.05, 0.1) is 10.6 Å². The maximum Gasteiger partial charge on any atom is 0.417 e. The Hall–Kier alpha value is -1.73. The maximum absolute atomic E-state index is 13.0. The van der Waals surface area contributed by atoms with Crippen LogP contribution in [0.2, 0.25) is 5.02 Å². The number of nitrogens with zero attached hydrogens (tertiary/aromatic N) is 3. The van der Waals surface area contributed by atoms with Crippen molar-refractivity contribution in [2.45, 2.75) is 43.3 Å². The van der Waals surface area contributed by atoms with E-state index in [1.165, 1.54) is 21.7 Å². The van der Waals surface area contributed by atoms with Crippen molar-refractivity contribution in [2.24, 2.45) is 0 Å². The number of benzene rings is 1. The summed E-state index contributed by atoms with van der Waals surface area (Å²) < 4.78 is 40.3. The monoisotopic (exact) mass is 399 g/mol. The number of aromatic nitrogens is 3. The van der Waals surface area contributed by atoms with Crippen molar-refractivity contribution in [1.82, 2.24) is 14.6 Å². The van der Waals surface area contributed by atoms with E-state index in [4.69, 9.17) is 11.6 Å². The number of hydrogen-bond donors (Lipinski definition) is 0. The zero-order valence-corrected chi connectivity index (χ0v) is 16.0. The Morgan fingerprint density at radius 1 is 1.04 bits per heavy atom. The van der Waals surface area contributed by atoms with Crippen LogP contribution >= 0.6 is 23.4 Å². The molecule has 0 atom stereocenters. The summed E-state index contributed by atoms with van der Waals surface area (Å²) in [7, 11) is 0. The van der Waals surface area contributed by atoms with Gasteiger partial charge in [-0.2, -0.15) is 13.2 Å². The molecule has 0 bridgehead atoms. The Morgan fingerprint density at radius 3 is 2.27 bits per heavy atom. The van der Waals surface area contributed by atoms with E-state index in [2.05, 4.69) is 43.1 Å². The zero-order valence-electron chi connectivity index (χ0n) is 14.4. The van der Waals surface area contributed by atoms with Gasteiger partial charge in [0.15, 0.2) is 10.8 Å². The fourth-order valence-electron chi connectivity index (χ4n) is 2.44. The quantitative estimate of drug-likeness (QED) is 0.506. The number of alkyl halides is 3. The molecule has 0 saturated carbocycles. The molecule has 0 aliphatic heterocycles. The molecule has 26 heavy (non-hydrogen) atoms. The average molecular weight is 400 g/mol. The van der Waals surface area contributed by atoms with Gasteiger partial charge < -0.3 is 0 Å². The van der Waals surface area contributed by atoms with Gasteiger partial charge in [-0.3, -0.25) is 4.40 Å². The summed E-state index contributed by atoms with van der Waals surface area (Å²) >= 11 is 7.24. The van der Waals surface area contributed by atoms with Gasteiger partial charge in [-0.15, -0.1) is 10.2 Å². The van der Waals surface area contributed by atoms with Crippen molar-refractivity contribution in [3.63, 3.8) is 0 Å². The summed E-state index contributed by atoms with van der Waals surface area (Å²) in [6, 6.07) is 9.04. The van der Waals surface area contributed by atoms with Crippen LogP contribution in [0, 0.1) is 0 Å². The van der Waals surface area contributed by atoms with E-state index >= 15 is 0 Å². The highest BCUT2D eigenvalue weighted by atomic mass is 35.5. The second kappa shape index (κ2) is 6.78. The van der Waals surface area contributed by atoms with Crippen LogP contribution in [0.25, 0.3) is 5.65 Å². The Labute approximate surface area is 158 Å². The highest BCUT2D eigenvalue weighted by Gasteiger charge is 2.32. The molecule has 2 heterocycles. The molecule has 3 nitrogen and oxygen atoms in total. The first-order valence-corrected chi connectivity index (χ1v) is 9.26. The molecule has 0 aliphatic carbocycles. The lowest BCUT2D eigenvalue weighted by molar-refractivity contribution is -0.137. The number of rotatable bonds is 3. The summed E-state index contributed by atoms with van der Waals surface area (Å²) in [4.78, 5) is 0. The maximum atomic E-state index is 13.0. The first-order chi connectivity index (χ1) is 12.1. The third-order valence-electron chi connectivity index (χ3n) is 3.94. The van der Waals surface area contributed by atoms with E-state index in [0.29, 0.717) is 10.9 Å². The second-order valence-corrected chi connectivity index (χ2v) is 8.34. The summed E-state index contributed by atoms with van der Waals surface area (Å²) in [5, 5.41) is 8.16. The van der Waals surface area contributed by atoms with E-state index in [0.717, 1.165) is 17.8 Å². The molecule has 0 radical (unpaired) electrons. The zero-order chi connectivity index (χ0) is 19.1. The Kier molecular flexibility index (Phi) is 4.96. The Morgan fingerprint density at radius 2 is 1.69 bits per heavy atom. The molecule has 1 aromatic carbocycles. The normalized spacial score (nSPS) is 12.7. The lowest BCUT2D eigenvalue weighted by atomic mass is 9.87. The van der Waals surface area contributed by atoms with E-state index in [9.17, 15) is 13.2 Å². The highest BCUT2D eigenvalue weighted by Crippen LogP contribution is 2.33. The third kappa shape index (κ3) is 3.99. The molecular formula is C18H17ClF3N3S. The number of thioether (sulfide) groups is 1. The molecule has 0 N–H and O–H groups in total. The summed E-state index contributed by atoms with van der Waals surface area (Å²) in [5.74, 6) is 0.569. The molecule has 138 valence electrons. The van der Waals surface area contributed by atoms with Crippen molar-refractivity contribution in [1.29, 1.82) is 0 Å². The fraction of sp³-hybridized carbons (Fsp3) is 0.333. The fourth-order valence-corrected chi connectivity index (χ4v) is 3.55. The van der Waals surface area contributed by atoms with Gasteiger partial charge >= 0.3 is 6.18 Å². The Bertz CT molecular complexity index is 928. The molecule has 3 rings (SSSR count). The van der Waals surface area contributed by atoms with Crippen molar-refractivity contribution in [3.05, 3.63) is 58.2 Å². The number of halogens is 4. The van der Waals surface area contributed by atoms with Crippen LogP contribution in [0.1, 0.15) is 37.5 Å². The van der Waals surface area contributed by atoms with Crippen LogP contribution in [0.3, 0.4) is 0 Å². The molecule has 0 unspecified atom stereocenters.